The molecule has 0 fully saturated rings. The molecule has 1 atom stereocenters. The van der Waals surface area contributed by atoms with Gasteiger partial charge in [0.15, 0.2) is 6.10 Å². The molecule has 0 spiro atoms. The van der Waals surface area contributed by atoms with Gasteiger partial charge in [-0.15, -0.1) is 0 Å². The van der Waals surface area contributed by atoms with Crippen LogP contribution in [-0.2, 0) is 4.79 Å². The minimum Gasteiger partial charge on any atom is -0.481 e. The Labute approximate surface area is 138 Å². The van der Waals surface area contributed by atoms with E-state index in [2.05, 4.69) is 5.32 Å². The molecule has 0 unspecified atom stereocenters. The maximum absolute atomic E-state index is 12.9. The second-order valence-corrected chi connectivity index (χ2v) is 5.34. The Bertz CT molecular complexity index is 662. The van der Waals surface area contributed by atoms with Crippen molar-refractivity contribution in [3.63, 3.8) is 0 Å². The second kappa shape index (κ2) is 7.47. The lowest BCUT2D eigenvalue weighted by Crippen LogP contribution is -2.32. The number of anilines is 1. The van der Waals surface area contributed by atoms with Crippen LogP contribution in [0.5, 0.6) is 5.75 Å². The Morgan fingerprint density at radius 2 is 1.91 bits per heavy atom. The van der Waals surface area contributed by atoms with Crippen molar-refractivity contribution in [2.75, 3.05) is 5.32 Å². The van der Waals surface area contributed by atoms with Gasteiger partial charge in [0.05, 0.1) is 15.7 Å². The summed E-state index contributed by atoms with van der Waals surface area (Å²) in [5.41, 5.74) is 0.417. The summed E-state index contributed by atoms with van der Waals surface area (Å²) in [6, 6.07) is 10.4. The fraction of sp³-hybridized carbons (Fsp3) is 0.188. The van der Waals surface area contributed by atoms with Gasteiger partial charge in [-0.2, -0.15) is 0 Å². The number of hydrogen-bond donors (Lipinski definition) is 1. The molecule has 0 aliphatic heterocycles. The Balaban J connectivity index is 2.08. The van der Waals surface area contributed by atoms with Crippen LogP contribution in [0.4, 0.5) is 10.1 Å². The Kier molecular flexibility index (Phi) is 5.63. The monoisotopic (exact) mass is 341 g/mol. The number of rotatable bonds is 5. The van der Waals surface area contributed by atoms with Crippen LogP contribution in [0.1, 0.15) is 13.3 Å². The molecule has 0 heterocycles. The van der Waals surface area contributed by atoms with Crippen molar-refractivity contribution in [3.05, 3.63) is 58.3 Å². The van der Waals surface area contributed by atoms with E-state index in [1.165, 1.54) is 24.3 Å². The summed E-state index contributed by atoms with van der Waals surface area (Å²) in [7, 11) is 0. The molecule has 0 aliphatic carbocycles. The first-order valence-corrected chi connectivity index (χ1v) is 7.44. The maximum atomic E-state index is 12.9. The standard InChI is InChI=1S/C16H14Cl2FNO2/c1-2-14(22-11-8-6-10(19)7-9-11)16(21)20-13-5-3-4-12(17)15(13)18/h3-9,14H,2H2,1H3,(H,20,21)/t14-/m0/s1. The summed E-state index contributed by atoms with van der Waals surface area (Å²) in [6.07, 6.45) is -0.276. The molecule has 2 rings (SSSR count). The van der Waals surface area contributed by atoms with Gasteiger partial charge in [-0.1, -0.05) is 36.2 Å². The Morgan fingerprint density at radius 3 is 2.55 bits per heavy atom. The van der Waals surface area contributed by atoms with Crippen LogP contribution in [-0.4, -0.2) is 12.0 Å². The van der Waals surface area contributed by atoms with E-state index in [1.807, 2.05) is 6.92 Å². The molecule has 1 N–H and O–H groups in total. The number of amides is 1. The van der Waals surface area contributed by atoms with E-state index in [9.17, 15) is 9.18 Å². The quantitative estimate of drug-likeness (QED) is 0.837. The van der Waals surface area contributed by atoms with Gasteiger partial charge in [-0.05, 0) is 42.8 Å². The van der Waals surface area contributed by atoms with Gasteiger partial charge >= 0.3 is 0 Å². The average molecular weight is 342 g/mol. The molecule has 22 heavy (non-hydrogen) atoms. The maximum Gasteiger partial charge on any atom is 0.265 e. The zero-order chi connectivity index (χ0) is 16.1. The highest BCUT2D eigenvalue weighted by molar-refractivity contribution is 6.44. The van der Waals surface area contributed by atoms with Crippen LogP contribution in [0.2, 0.25) is 10.0 Å². The van der Waals surface area contributed by atoms with Gasteiger partial charge in [0.25, 0.3) is 5.91 Å². The fourth-order valence-electron chi connectivity index (χ4n) is 1.81. The molecular weight excluding hydrogens is 328 g/mol. The third-order valence-electron chi connectivity index (χ3n) is 2.96. The summed E-state index contributed by atoms with van der Waals surface area (Å²) in [6.45, 7) is 1.81. The Morgan fingerprint density at radius 1 is 1.23 bits per heavy atom. The van der Waals surface area contributed by atoms with E-state index in [4.69, 9.17) is 27.9 Å². The van der Waals surface area contributed by atoms with Crippen molar-refractivity contribution in [3.8, 4) is 5.75 Å². The summed E-state index contributed by atoms with van der Waals surface area (Å²) in [4.78, 5) is 12.3. The first-order valence-electron chi connectivity index (χ1n) is 6.68. The lowest BCUT2D eigenvalue weighted by Gasteiger charge is -2.18. The number of benzene rings is 2. The van der Waals surface area contributed by atoms with Gasteiger partial charge < -0.3 is 10.1 Å². The van der Waals surface area contributed by atoms with Crippen LogP contribution in [0, 0.1) is 5.82 Å². The van der Waals surface area contributed by atoms with E-state index in [1.54, 1.807) is 18.2 Å². The Hall–Kier alpha value is -1.78. The van der Waals surface area contributed by atoms with E-state index in [0.717, 1.165) is 0 Å². The lowest BCUT2D eigenvalue weighted by molar-refractivity contribution is -0.122. The molecule has 1 amide bonds. The van der Waals surface area contributed by atoms with E-state index < -0.39 is 6.10 Å². The minimum atomic E-state index is -0.722. The van der Waals surface area contributed by atoms with E-state index in [-0.39, 0.29) is 16.7 Å². The van der Waals surface area contributed by atoms with E-state index >= 15 is 0 Å². The number of ether oxygens (including phenoxy) is 1. The van der Waals surface area contributed by atoms with Crippen molar-refractivity contribution in [2.24, 2.45) is 0 Å². The SMILES string of the molecule is CC[C@H](Oc1ccc(F)cc1)C(=O)Nc1cccc(Cl)c1Cl. The zero-order valence-corrected chi connectivity index (χ0v) is 13.3. The third-order valence-corrected chi connectivity index (χ3v) is 3.78. The first-order chi connectivity index (χ1) is 10.5. The van der Waals surface area contributed by atoms with Crippen LogP contribution in [0.3, 0.4) is 0 Å². The van der Waals surface area contributed by atoms with Crippen LogP contribution >= 0.6 is 23.2 Å². The minimum absolute atomic E-state index is 0.272. The first kappa shape index (κ1) is 16.6. The molecule has 0 aromatic heterocycles. The predicted molar refractivity (Wildman–Crippen MR) is 86.2 cm³/mol. The average Bonchev–Trinajstić information content (AvgIpc) is 2.51. The second-order valence-electron chi connectivity index (χ2n) is 4.56. The summed E-state index contributed by atoms with van der Waals surface area (Å²) in [5, 5.41) is 3.31. The molecule has 0 aliphatic rings. The van der Waals surface area contributed by atoms with Crippen molar-refractivity contribution >= 4 is 34.8 Å². The number of halogens is 3. The number of carbonyl (C=O) groups excluding carboxylic acids is 1. The molecule has 2 aromatic rings. The fourth-order valence-corrected chi connectivity index (χ4v) is 2.16. The van der Waals surface area contributed by atoms with Crippen molar-refractivity contribution < 1.29 is 13.9 Å². The molecule has 0 radical (unpaired) electrons. The third kappa shape index (κ3) is 4.12. The van der Waals surface area contributed by atoms with Gasteiger partial charge in [-0.25, -0.2) is 4.39 Å². The molecule has 0 saturated carbocycles. The van der Waals surface area contributed by atoms with Crippen molar-refractivity contribution in [1.82, 2.24) is 0 Å². The van der Waals surface area contributed by atoms with Gasteiger partial charge in [-0.3, -0.25) is 4.79 Å². The van der Waals surface area contributed by atoms with Crippen molar-refractivity contribution in [1.29, 1.82) is 0 Å². The summed E-state index contributed by atoms with van der Waals surface area (Å²) in [5.74, 6) is -0.299. The number of hydrogen-bond acceptors (Lipinski definition) is 2. The van der Waals surface area contributed by atoms with Crippen LogP contribution in [0.25, 0.3) is 0 Å². The summed E-state index contributed by atoms with van der Waals surface area (Å²) >= 11 is 11.9. The molecule has 2 aromatic carbocycles. The largest absolute Gasteiger partial charge is 0.481 e. The number of carbonyl (C=O) groups is 1. The van der Waals surface area contributed by atoms with Gasteiger partial charge in [0.2, 0.25) is 0 Å². The highest BCUT2D eigenvalue weighted by atomic mass is 35.5. The topological polar surface area (TPSA) is 38.3 Å². The van der Waals surface area contributed by atoms with Gasteiger partial charge in [0, 0.05) is 0 Å². The molecule has 116 valence electrons. The smallest absolute Gasteiger partial charge is 0.265 e. The number of nitrogens with one attached hydrogen (secondary N) is 1. The molecule has 6 heteroatoms. The highest BCUT2D eigenvalue weighted by Gasteiger charge is 2.20. The molecule has 3 nitrogen and oxygen atoms in total. The van der Waals surface area contributed by atoms with Crippen molar-refractivity contribution in [2.45, 2.75) is 19.4 Å². The van der Waals surface area contributed by atoms with Crippen LogP contribution < -0.4 is 10.1 Å². The zero-order valence-electron chi connectivity index (χ0n) is 11.8. The normalized spacial score (nSPS) is 11.8. The predicted octanol–water partition coefficient (Wildman–Crippen LogP) is 4.93. The lowest BCUT2D eigenvalue weighted by atomic mass is 10.2. The molecule has 0 bridgehead atoms. The van der Waals surface area contributed by atoms with Gasteiger partial charge in [0.1, 0.15) is 11.6 Å². The highest BCUT2D eigenvalue weighted by Crippen LogP contribution is 2.29. The molecule has 0 saturated heterocycles. The summed E-state index contributed by atoms with van der Waals surface area (Å²) < 4.78 is 18.4. The van der Waals surface area contributed by atoms with Crippen LogP contribution in [0.15, 0.2) is 42.5 Å². The molecular formula is C16H14Cl2FNO2. The van der Waals surface area contributed by atoms with E-state index in [0.29, 0.717) is 22.9 Å².